The number of methoxy groups -OCH3 is 1. The highest BCUT2D eigenvalue weighted by molar-refractivity contribution is 7.84. The molecule has 0 saturated carbocycles. The molecule has 1 atom stereocenters. The minimum Gasteiger partial charge on any atom is -0.731 e. The van der Waals surface area contributed by atoms with Gasteiger partial charge < -0.3 is 14.2 Å². The summed E-state index contributed by atoms with van der Waals surface area (Å²) in [6.45, 7) is 1.24. The van der Waals surface area contributed by atoms with E-state index < -0.39 is 22.1 Å². The molecule has 9 nitrogen and oxygen atoms in total. The van der Waals surface area contributed by atoms with Gasteiger partial charge in [-0.3, -0.25) is 9.52 Å². The van der Waals surface area contributed by atoms with E-state index in [4.69, 9.17) is 4.74 Å². The monoisotopic (exact) mass is 405 g/mol. The summed E-state index contributed by atoms with van der Waals surface area (Å²) < 4.78 is 40.1. The molecule has 1 aromatic heterocycles. The second-order valence-corrected chi connectivity index (χ2v) is 7.66. The van der Waals surface area contributed by atoms with E-state index in [0.29, 0.717) is 43.2 Å². The van der Waals surface area contributed by atoms with Gasteiger partial charge in [0.15, 0.2) is 10.3 Å². The maximum Gasteiger partial charge on any atom is 0.240 e. The first-order chi connectivity index (χ1) is 13.4. The SMILES string of the molecule is COc1cccc(C(C(=O)NS(=O)(=O)[O-])C2CCN(c3ncccn3)CC2)c1. The van der Waals surface area contributed by atoms with E-state index in [2.05, 4.69) is 9.97 Å². The predicted molar refractivity (Wildman–Crippen MR) is 101 cm³/mol. The molecule has 150 valence electrons. The lowest BCUT2D eigenvalue weighted by molar-refractivity contribution is -0.122. The lowest BCUT2D eigenvalue weighted by Crippen LogP contribution is -2.42. The predicted octanol–water partition coefficient (Wildman–Crippen LogP) is 1.06. The summed E-state index contributed by atoms with van der Waals surface area (Å²) in [6.07, 6.45) is 4.57. The van der Waals surface area contributed by atoms with Gasteiger partial charge in [0, 0.05) is 25.5 Å². The van der Waals surface area contributed by atoms with Crippen molar-refractivity contribution in [1.82, 2.24) is 14.7 Å². The zero-order valence-electron chi connectivity index (χ0n) is 15.3. The van der Waals surface area contributed by atoms with Gasteiger partial charge in [-0.1, -0.05) is 12.1 Å². The third kappa shape index (κ3) is 4.96. The minimum absolute atomic E-state index is 0.145. The van der Waals surface area contributed by atoms with E-state index in [1.54, 1.807) is 47.4 Å². The van der Waals surface area contributed by atoms with Gasteiger partial charge in [0.2, 0.25) is 11.9 Å². The Balaban J connectivity index is 1.82. The number of piperidine rings is 1. The summed E-state index contributed by atoms with van der Waals surface area (Å²) in [6, 6.07) is 8.62. The van der Waals surface area contributed by atoms with Gasteiger partial charge in [-0.15, -0.1) is 0 Å². The molecule has 1 aliphatic rings. The van der Waals surface area contributed by atoms with Gasteiger partial charge in [-0.05, 0) is 42.5 Å². The van der Waals surface area contributed by atoms with Crippen molar-refractivity contribution >= 4 is 22.2 Å². The molecular weight excluding hydrogens is 384 g/mol. The minimum atomic E-state index is -4.90. The summed E-state index contributed by atoms with van der Waals surface area (Å²) >= 11 is 0. The number of aromatic nitrogens is 2. The van der Waals surface area contributed by atoms with Gasteiger partial charge in [0.05, 0.1) is 13.0 Å². The van der Waals surface area contributed by atoms with Crippen LogP contribution in [-0.4, -0.2) is 49.0 Å². The van der Waals surface area contributed by atoms with E-state index in [1.807, 2.05) is 4.90 Å². The standard InChI is InChI=1S/C18H22N4O5S/c1-27-15-5-2-4-14(12-15)16(17(23)21-28(24,25)26)13-6-10-22(11-7-13)18-19-8-3-9-20-18/h2-5,8-9,12-13,16H,6-7,10-11H2,1H3,(H,21,23)(H,24,25,26)/p-1. The first-order valence-electron chi connectivity index (χ1n) is 8.81. The molecule has 0 aliphatic carbocycles. The van der Waals surface area contributed by atoms with Crippen LogP contribution in [0.4, 0.5) is 5.95 Å². The Morgan fingerprint density at radius 1 is 1.25 bits per heavy atom. The van der Waals surface area contributed by atoms with Crippen LogP contribution in [0.5, 0.6) is 5.75 Å². The first kappa shape index (κ1) is 20.0. The summed E-state index contributed by atoms with van der Waals surface area (Å²) in [5, 5.41) is 0. The summed E-state index contributed by atoms with van der Waals surface area (Å²) in [5.41, 5.74) is 0.606. The van der Waals surface area contributed by atoms with Crippen LogP contribution in [0, 0.1) is 5.92 Å². The van der Waals surface area contributed by atoms with Gasteiger partial charge >= 0.3 is 0 Å². The zero-order valence-corrected chi connectivity index (χ0v) is 16.1. The van der Waals surface area contributed by atoms with Crippen LogP contribution in [0.1, 0.15) is 24.3 Å². The average Bonchev–Trinajstić information content (AvgIpc) is 2.68. The lowest BCUT2D eigenvalue weighted by Gasteiger charge is -2.35. The molecule has 1 unspecified atom stereocenters. The molecule has 28 heavy (non-hydrogen) atoms. The number of carbonyl (C=O) groups excluding carboxylic acids is 1. The molecule has 0 bridgehead atoms. The van der Waals surface area contributed by atoms with Gasteiger partial charge in [0.25, 0.3) is 0 Å². The van der Waals surface area contributed by atoms with Crippen LogP contribution in [-0.2, 0) is 15.1 Å². The molecule has 1 amide bonds. The van der Waals surface area contributed by atoms with Crippen molar-refractivity contribution in [3.8, 4) is 5.75 Å². The number of anilines is 1. The number of nitrogens with one attached hydrogen (secondary N) is 1. The number of hydrogen-bond acceptors (Lipinski definition) is 8. The fourth-order valence-electron chi connectivity index (χ4n) is 3.55. The Kier molecular flexibility index (Phi) is 6.10. The Hall–Kier alpha value is -2.72. The number of carbonyl (C=O) groups is 1. The fourth-order valence-corrected chi connectivity index (χ4v) is 3.92. The largest absolute Gasteiger partial charge is 0.731 e. The van der Waals surface area contributed by atoms with Crippen molar-refractivity contribution < 1.29 is 22.5 Å². The van der Waals surface area contributed by atoms with Crippen LogP contribution in [0.3, 0.4) is 0 Å². The first-order valence-corrected chi connectivity index (χ1v) is 10.2. The number of ether oxygens (including phenoxy) is 1. The highest BCUT2D eigenvalue weighted by Crippen LogP contribution is 2.35. The van der Waals surface area contributed by atoms with Gasteiger partial charge in [-0.25, -0.2) is 18.4 Å². The second-order valence-electron chi connectivity index (χ2n) is 6.55. The number of benzene rings is 1. The van der Waals surface area contributed by atoms with Crippen LogP contribution in [0.15, 0.2) is 42.7 Å². The normalized spacial score (nSPS) is 16.4. The van der Waals surface area contributed by atoms with E-state index in [1.165, 1.54) is 7.11 Å². The van der Waals surface area contributed by atoms with E-state index in [-0.39, 0.29) is 5.92 Å². The Bertz CT molecular complexity index is 915. The molecule has 1 saturated heterocycles. The number of hydrogen-bond donors (Lipinski definition) is 1. The molecule has 1 fully saturated rings. The van der Waals surface area contributed by atoms with E-state index in [9.17, 15) is 17.8 Å². The third-order valence-electron chi connectivity index (χ3n) is 4.81. The maximum atomic E-state index is 12.6. The van der Waals surface area contributed by atoms with Crippen molar-refractivity contribution in [2.45, 2.75) is 18.8 Å². The quantitative estimate of drug-likeness (QED) is 0.708. The molecular formula is C18H21N4O5S-. The molecule has 3 rings (SSSR count). The third-order valence-corrected chi connectivity index (χ3v) is 5.26. The Morgan fingerprint density at radius 2 is 1.93 bits per heavy atom. The molecule has 1 aliphatic heterocycles. The van der Waals surface area contributed by atoms with Gasteiger partial charge in [0.1, 0.15) is 5.75 Å². The molecule has 2 aromatic rings. The van der Waals surface area contributed by atoms with Crippen molar-refractivity contribution in [3.63, 3.8) is 0 Å². The number of amides is 1. The number of rotatable bonds is 6. The van der Waals surface area contributed by atoms with Crippen LogP contribution >= 0.6 is 0 Å². The van der Waals surface area contributed by atoms with Crippen molar-refractivity contribution in [2.24, 2.45) is 5.92 Å². The van der Waals surface area contributed by atoms with E-state index >= 15 is 0 Å². The molecule has 0 spiro atoms. The summed E-state index contributed by atoms with van der Waals surface area (Å²) in [4.78, 5) is 23.1. The van der Waals surface area contributed by atoms with Crippen LogP contribution in [0.2, 0.25) is 0 Å². The molecule has 0 radical (unpaired) electrons. The maximum absolute atomic E-state index is 12.6. The van der Waals surface area contributed by atoms with Crippen LogP contribution < -0.4 is 14.4 Å². The number of nitrogens with zero attached hydrogens (tertiary/aromatic N) is 3. The smallest absolute Gasteiger partial charge is 0.240 e. The fraction of sp³-hybridized carbons (Fsp3) is 0.389. The zero-order chi connectivity index (χ0) is 20.1. The molecule has 1 aromatic carbocycles. The van der Waals surface area contributed by atoms with Crippen molar-refractivity contribution in [3.05, 3.63) is 48.3 Å². The average molecular weight is 405 g/mol. The highest BCUT2D eigenvalue weighted by atomic mass is 32.2. The molecule has 2 heterocycles. The second kappa shape index (κ2) is 8.53. The Labute approximate surface area is 163 Å². The van der Waals surface area contributed by atoms with E-state index in [0.717, 1.165) is 0 Å². The Morgan fingerprint density at radius 3 is 2.54 bits per heavy atom. The molecule has 1 N–H and O–H groups in total. The van der Waals surface area contributed by atoms with Crippen molar-refractivity contribution in [2.75, 3.05) is 25.1 Å². The molecule has 10 heteroatoms. The lowest BCUT2D eigenvalue weighted by atomic mass is 9.79. The topological polar surface area (TPSA) is 125 Å². The van der Waals surface area contributed by atoms with Crippen molar-refractivity contribution in [1.29, 1.82) is 0 Å². The van der Waals surface area contributed by atoms with Gasteiger partial charge in [-0.2, -0.15) is 0 Å². The highest BCUT2D eigenvalue weighted by Gasteiger charge is 2.34. The van der Waals surface area contributed by atoms with Crippen LogP contribution in [0.25, 0.3) is 0 Å². The summed E-state index contributed by atoms with van der Waals surface area (Å²) in [5.74, 6) is -0.579. The summed E-state index contributed by atoms with van der Waals surface area (Å²) in [7, 11) is -3.39.